The lowest BCUT2D eigenvalue weighted by Gasteiger charge is -2.34. The minimum Gasteiger partial charge on any atom is -0.480 e. The first-order valence-corrected chi connectivity index (χ1v) is 5.80. The second-order valence-electron chi connectivity index (χ2n) is 4.25. The zero-order chi connectivity index (χ0) is 12.0. The minimum absolute atomic E-state index is 0.0460. The standard InChI is InChI=1S/C11H21NO4/c1-2-15-6-7-16-9-4-3-5-11(12,8-9)10(13)14/h9H,2-8,12H2,1H3,(H,13,14). The van der Waals surface area contributed by atoms with E-state index in [1.165, 1.54) is 0 Å². The Morgan fingerprint density at radius 3 is 2.94 bits per heavy atom. The number of carbonyl (C=O) groups is 1. The van der Waals surface area contributed by atoms with Gasteiger partial charge in [-0.05, 0) is 26.2 Å². The maximum atomic E-state index is 11.0. The molecule has 0 saturated heterocycles. The first-order chi connectivity index (χ1) is 7.58. The van der Waals surface area contributed by atoms with Gasteiger partial charge in [-0.25, -0.2) is 0 Å². The average Bonchev–Trinajstić information content (AvgIpc) is 2.24. The van der Waals surface area contributed by atoms with Gasteiger partial charge in [0.05, 0.1) is 19.3 Å². The molecule has 0 aromatic heterocycles. The van der Waals surface area contributed by atoms with E-state index < -0.39 is 11.5 Å². The SMILES string of the molecule is CCOCCOC1CCCC(N)(C(=O)O)C1. The molecule has 0 spiro atoms. The van der Waals surface area contributed by atoms with E-state index in [4.69, 9.17) is 20.3 Å². The van der Waals surface area contributed by atoms with Gasteiger partial charge in [-0.2, -0.15) is 0 Å². The molecular weight excluding hydrogens is 210 g/mol. The quantitative estimate of drug-likeness (QED) is 0.660. The first kappa shape index (κ1) is 13.4. The molecule has 0 aromatic rings. The van der Waals surface area contributed by atoms with Crippen LogP contribution in [0.4, 0.5) is 0 Å². The second kappa shape index (κ2) is 6.18. The highest BCUT2D eigenvalue weighted by Gasteiger charge is 2.39. The molecule has 0 bridgehead atoms. The Bertz CT molecular complexity index is 234. The first-order valence-electron chi connectivity index (χ1n) is 5.80. The van der Waals surface area contributed by atoms with Gasteiger partial charge in [-0.3, -0.25) is 4.79 Å². The van der Waals surface area contributed by atoms with Crippen molar-refractivity contribution >= 4 is 5.97 Å². The largest absolute Gasteiger partial charge is 0.480 e. The van der Waals surface area contributed by atoms with Crippen LogP contribution in [-0.2, 0) is 14.3 Å². The zero-order valence-corrected chi connectivity index (χ0v) is 9.78. The van der Waals surface area contributed by atoms with Crippen LogP contribution in [0.2, 0.25) is 0 Å². The molecule has 0 aliphatic heterocycles. The van der Waals surface area contributed by atoms with E-state index in [9.17, 15) is 4.79 Å². The van der Waals surface area contributed by atoms with Crippen molar-refractivity contribution in [1.29, 1.82) is 0 Å². The minimum atomic E-state index is -1.10. The summed E-state index contributed by atoms with van der Waals surface area (Å²) in [6.45, 7) is 3.66. The van der Waals surface area contributed by atoms with E-state index in [0.717, 1.165) is 12.8 Å². The van der Waals surface area contributed by atoms with Crippen LogP contribution in [0.25, 0.3) is 0 Å². The molecule has 2 atom stereocenters. The molecule has 1 fully saturated rings. The molecule has 1 aliphatic carbocycles. The van der Waals surface area contributed by atoms with Crippen LogP contribution in [0.15, 0.2) is 0 Å². The fraction of sp³-hybridized carbons (Fsp3) is 0.909. The van der Waals surface area contributed by atoms with E-state index in [-0.39, 0.29) is 6.10 Å². The Balaban J connectivity index is 2.30. The molecular formula is C11H21NO4. The van der Waals surface area contributed by atoms with E-state index >= 15 is 0 Å². The van der Waals surface area contributed by atoms with E-state index in [1.807, 2.05) is 6.92 Å². The lowest BCUT2D eigenvalue weighted by atomic mass is 9.81. The van der Waals surface area contributed by atoms with Crippen molar-refractivity contribution in [3.8, 4) is 0 Å². The van der Waals surface area contributed by atoms with Gasteiger partial charge < -0.3 is 20.3 Å². The Hall–Kier alpha value is -0.650. The summed E-state index contributed by atoms with van der Waals surface area (Å²) in [5.74, 6) is -0.925. The van der Waals surface area contributed by atoms with Crippen molar-refractivity contribution in [2.24, 2.45) is 5.73 Å². The molecule has 0 amide bonds. The van der Waals surface area contributed by atoms with Gasteiger partial charge in [0.15, 0.2) is 0 Å². The van der Waals surface area contributed by atoms with Crippen molar-refractivity contribution in [3.63, 3.8) is 0 Å². The molecule has 1 saturated carbocycles. The summed E-state index contributed by atoms with van der Waals surface area (Å²) in [5.41, 5.74) is 4.71. The summed E-state index contributed by atoms with van der Waals surface area (Å²) in [6, 6.07) is 0. The number of nitrogens with two attached hydrogens (primary N) is 1. The van der Waals surface area contributed by atoms with Gasteiger partial charge in [0, 0.05) is 13.0 Å². The zero-order valence-electron chi connectivity index (χ0n) is 9.78. The van der Waals surface area contributed by atoms with Crippen LogP contribution in [0.5, 0.6) is 0 Å². The lowest BCUT2D eigenvalue weighted by molar-refractivity contribution is -0.147. The molecule has 16 heavy (non-hydrogen) atoms. The molecule has 0 heterocycles. The predicted octanol–water partition coefficient (Wildman–Crippen LogP) is 0.764. The average molecular weight is 231 g/mol. The summed E-state index contributed by atoms with van der Waals surface area (Å²) in [6.07, 6.45) is 2.58. The van der Waals surface area contributed by atoms with Gasteiger partial charge >= 0.3 is 5.97 Å². The van der Waals surface area contributed by atoms with Crippen LogP contribution in [0.3, 0.4) is 0 Å². The van der Waals surface area contributed by atoms with Crippen molar-refractivity contribution in [1.82, 2.24) is 0 Å². The van der Waals surface area contributed by atoms with Crippen LogP contribution in [-0.4, -0.2) is 42.5 Å². The summed E-state index contributed by atoms with van der Waals surface area (Å²) in [7, 11) is 0. The van der Waals surface area contributed by atoms with Gasteiger partial charge in [0.2, 0.25) is 0 Å². The van der Waals surface area contributed by atoms with Gasteiger partial charge in [-0.1, -0.05) is 0 Å². The smallest absolute Gasteiger partial charge is 0.323 e. The molecule has 94 valence electrons. The van der Waals surface area contributed by atoms with Crippen molar-refractivity contribution in [3.05, 3.63) is 0 Å². The van der Waals surface area contributed by atoms with E-state index in [2.05, 4.69) is 0 Å². The number of hydrogen-bond donors (Lipinski definition) is 2. The highest BCUT2D eigenvalue weighted by atomic mass is 16.5. The Morgan fingerprint density at radius 1 is 1.56 bits per heavy atom. The fourth-order valence-corrected chi connectivity index (χ4v) is 2.01. The normalized spacial score (nSPS) is 30.2. The molecule has 2 unspecified atom stereocenters. The molecule has 5 heteroatoms. The third-order valence-corrected chi connectivity index (χ3v) is 2.95. The summed E-state index contributed by atoms with van der Waals surface area (Å²) >= 11 is 0. The van der Waals surface area contributed by atoms with E-state index in [1.54, 1.807) is 0 Å². The number of ether oxygens (including phenoxy) is 2. The second-order valence-corrected chi connectivity index (χ2v) is 4.25. The maximum Gasteiger partial charge on any atom is 0.323 e. The molecule has 0 radical (unpaired) electrons. The van der Waals surface area contributed by atoms with Crippen molar-refractivity contribution in [2.45, 2.75) is 44.2 Å². The molecule has 5 nitrogen and oxygen atoms in total. The number of carboxylic acid groups (broad SMARTS) is 1. The van der Waals surface area contributed by atoms with Crippen LogP contribution in [0.1, 0.15) is 32.6 Å². The van der Waals surface area contributed by atoms with Crippen LogP contribution < -0.4 is 5.73 Å². The van der Waals surface area contributed by atoms with Crippen molar-refractivity contribution in [2.75, 3.05) is 19.8 Å². The van der Waals surface area contributed by atoms with Gasteiger partial charge in [0.1, 0.15) is 5.54 Å². The Kier molecular flexibility index (Phi) is 5.18. The summed E-state index contributed by atoms with van der Waals surface area (Å²) < 4.78 is 10.7. The number of aliphatic carboxylic acids is 1. The number of hydrogen-bond acceptors (Lipinski definition) is 4. The molecule has 3 N–H and O–H groups in total. The van der Waals surface area contributed by atoms with Crippen LogP contribution in [0, 0.1) is 0 Å². The lowest BCUT2D eigenvalue weighted by Crippen LogP contribution is -2.52. The fourth-order valence-electron chi connectivity index (χ4n) is 2.01. The maximum absolute atomic E-state index is 11.0. The number of rotatable bonds is 6. The summed E-state index contributed by atoms with van der Waals surface area (Å²) in [4.78, 5) is 11.0. The highest BCUT2D eigenvalue weighted by Crippen LogP contribution is 2.28. The Morgan fingerprint density at radius 2 is 2.31 bits per heavy atom. The van der Waals surface area contributed by atoms with E-state index in [0.29, 0.717) is 32.7 Å². The summed E-state index contributed by atoms with van der Waals surface area (Å²) in [5, 5.41) is 9.02. The number of carboxylic acids is 1. The van der Waals surface area contributed by atoms with Crippen molar-refractivity contribution < 1.29 is 19.4 Å². The highest BCUT2D eigenvalue weighted by molar-refractivity contribution is 5.78. The van der Waals surface area contributed by atoms with Gasteiger partial charge in [0.25, 0.3) is 0 Å². The Labute approximate surface area is 95.9 Å². The van der Waals surface area contributed by atoms with Gasteiger partial charge in [-0.15, -0.1) is 0 Å². The van der Waals surface area contributed by atoms with Crippen LogP contribution >= 0.6 is 0 Å². The monoisotopic (exact) mass is 231 g/mol. The third-order valence-electron chi connectivity index (χ3n) is 2.95. The third kappa shape index (κ3) is 3.73. The molecule has 1 rings (SSSR count). The molecule has 0 aromatic carbocycles. The molecule has 1 aliphatic rings. The predicted molar refractivity (Wildman–Crippen MR) is 59.3 cm³/mol. The topological polar surface area (TPSA) is 81.8 Å².